The molecule has 2 aromatic rings. The van der Waals surface area contributed by atoms with Crippen LogP contribution in [0.1, 0.15) is 46.0 Å². The van der Waals surface area contributed by atoms with Crippen molar-refractivity contribution < 1.29 is 9.59 Å². The smallest absolute Gasteiger partial charge is 0.274 e. The van der Waals surface area contributed by atoms with Crippen LogP contribution >= 0.6 is 0 Å². The summed E-state index contributed by atoms with van der Waals surface area (Å²) in [5.41, 5.74) is 3.28. The fourth-order valence-corrected chi connectivity index (χ4v) is 2.16. The Morgan fingerprint density at radius 2 is 1.65 bits per heavy atom. The van der Waals surface area contributed by atoms with Crippen molar-refractivity contribution in [3.05, 3.63) is 58.9 Å². The van der Waals surface area contributed by atoms with Crippen LogP contribution in [0.2, 0.25) is 0 Å². The van der Waals surface area contributed by atoms with Gasteiger partial charge in [-0.25, -0.2) is 4.98 Å². The standard InChI is InChI=1S/C18H21N3O2/c1-11(2)19-17(22)15-6-5-7-16(20-15)18(23)21-14-9-8-12(3)10-13(14)4/h5-11H,1-4H3,(H,19,22)(H,21,23). The van der Waals surface area contributed by atoms with Crippen LogP contribution in [-0.2, 0) is 0 Å². The molecule has 2 N–H and O–H groups in total. The van der Waals surface area contributed by atoms with Crippen LogP contribution in [0.3, 0.4) is 0 Å². The summed E-state index contributed by atoms with van der Waals surface area (Å²) in [6.07, 6.45) is 0. The van der Waals surface area contributed by atoms with Crippen molar-refractivity contribution in [2.24, 2.45) is 0 Å². The first kappa shape index (κ1) is 16.7. The molecule has 5 heteroatoms. The number of benzene rings is 1. The van der Waals surface area contributed by atoms with Gasteiger partial charge in [-0.2, -0.15) is 0 Å². The molecule has 1 aromatic carbocycles. The highest BCUT2D eigenvalue weighted by Gasteiger charge is 2.13. The van der Waals surface area contributed by atoms with E-state index in [0.717, 1.165) is 16.8 Å². The fourth-order valence-electron chi connectivity index (χ4n) is 2.16. The van der Waals surface area contributed by atoms with E-state index >= 15 is 0 Å². The first-order valence-electron chi connectivity index (χ1n) is 7.53. The number of carbonyl (C=O) groups excluding carboxylic acids is 2. The Labute approximate surface area is 136 Å². The van der Waals surface area contributed by atoms with E-state index in [4.69, 9.17) is 0 Å². The van der Waals surface area contributed by atoms with Gasteiger partial charge in [0.1, 0.15) is 11.4 Å². The van der Waals surface area contributed by atoms with Crippen molar-refractivity contribution in [2.75, 3.05) is 5.32 Å². The summed E-state index contributed by atoms with van der Waals surface area (Å²) in [6.45, 7) is 7.67. The Morgan fingerprint density at radius 3 is 2.26 bits per heavy atom. The van der Waals surface area contributed by atoms with Crippen molar-refractivity contribution >= 4 is 17.5 Å². The highest BCUT2D eigenvalue weighted by Crippen LogP contribution is 2.16. The number of nitrogens with one attached hydrogen (secondary N) is 2. The summed E-state index contributed by atoms with van der Waals surface area (Å²) in [4.78, 5) is 28.5. The van der Waals surface area contributed by atoms with Gasteiger partial charge < -0.3 is 10.6 Å². The Bertz CT molecular complexity index is 739. The number of rotatable bonds is 4. The lowest BCUT2D eigenvalue weighted by molar-refractivity contribution is 0.0938. The summed E-state index contributed by atoms with van der Waals surface area (Å²) in [5, 5.41) is 5.58. The summed E-state index contributed by atoms with van der Waals surface area (Å²) in [6, 6.07) is 10.6. The zero-order valence-corrected chi connectivity index (χ0v) is 13.8. The van der Waals surface area contributed by atoms with Gasteiger partial charge in [0, 0.05) is 11.7 Å². The topological polar surface area (TPSA) is 71.1 Å². The zero-order chi connectivity index (χ0) is 17.0. The molecule has 0 unspecified atom stereocenters. The maximum absolute atomic E-state index is 12.3. The third-order valence-corrected chi connectivity index (χ3v) is 3.26. The number of pyridine rings is 1. The molecule has 0 radical (unpaired) electrons. The molecule has 0 saturated carbocycles. The molecule has 0 aliphatic carbocycles. The van der Waals surface area contributed by atoms with Crippen LogP contribution in [0.15, 0.2) is 36.4 Å². The van der Waals surface area contributed by atoms with Gasteiger partial charge in [0.05, 0.1) is 0 Å². The summed E-state index contributed by atoms with van der Waals surface area (Å²) in [7, 11) is 0. The fraction of sp³-hybridized carbons (Fsp3) is 0.278. The van der Waals surface area contributed by atoms with Crippen molar-refractivity contribution in [3.8, 4) is 0 Å². The summed E-state index contributed by atoms with van der Waals surface area (Å²) >= 11 is 0. The lowest BCUT2D eigenvalue weighted by atomic mass is 10.1. The average molecular weight is 311 g/mol. The molecular weight excluding hydrogens is 290 g/mol. The van der Waals surface area contributed by atoms with E-state index in [0.29, 0.717) is 0 Å². The Hall–Kier alpha value is -2.69. The molecule has 0 bridgehead atoms. The van der Waals surface area contributed by atoms with Gasteiger partial charge in [-0.3, -0.25) is 9.59 Å². The number of aromatic nitrogens is 1. The molecule has 0 spiro atoms. The molecule has 0 saturated heterocycles. The van der Waals surface area contributed by atoms with Gasteiger partial charge >= 0.3 is 0 Å². The van der Waals surface area contributed by atoms with Crippen molar-refractivity contribution in [3.63, 3.8) is 0 Å². The first-order chi connectivity index (χ1) is 10.9. The molecule has 2 amide bonds. The predicted octanol–water partition coefficient (Wildman–Crippen LogP) is 3.09. The molecule has 1 aromatic heterocycles. The normalized spacial score (nSPS) is 10.5. The molecule has 0 aliphatic heterocycles. The second-order valence-corrected chi connectivity index (χ2v) is 5.81. The average Bonchev–Trinajstić information content (AvgIpc) is 2.49. The number of hydrogen-bond donors (Lipinski definition) is 2. The minimum atomic E-state index is -0.337. The number of aryl methyl sites for hydroxylation is 2. The zero-order valence-electron chi connectivity index (χ0n) is 13.8. The van der Waals surface area contributed by atoms with Crippen LogP contribution in [0, 0.1) is 13.8 Å². The SMILES string of the molecule is Cc1ccc(NC(=O)c2cccc(C(=O)NC(C)C)n2)c(C)c1. The molecule has 0 aliphatic rings. The molecular formula is C18H21N3O2. The van der Waals surface area contributed by atoms with E-state index in [1.165, 1.54) is 0 Å². The van der Waals surface area contributed by atoms with Gasteiger partial charge in [0.15, 0.2) is 0 Å². The minimum absolute atomic E-state index is 0.0111. The molecule has 2 rings (SSSR count). The van der Waals surface area contributed by atoms with E-state index in [-0.39, 0.29) is 29.2 Å². The highest BCUT2D eigenvalue weighted by atomic mass is 16.2. The van der Waals surface area contributed by atoms with Crippen LogP contribution in [-0.4, -0.2) is 22.8 Å². The Balaban J connectivity index is 2.18. The molecule has 120 valence electrons. The van der Waals surface area contributed by atoms with Crippen molar-refractivity contribution in [1.82, 2.24) is 10.3 Å². The summed E-state index contributed by atoms with van der Waals surface area (Å²) in [5.74, 6) is -0.627. The van der Waals surface area contributed by atoms with Crippen molar-refractivity contribution in [2.45, 2.75) is 33.7 Å². The van der Waals surface area contributed by atoms with Gasteiger partial charge in [0.2, 0.25) is 0 Å². The van der Waals surface area contributed by atoms with Gasteiger partial charge in [-0.1, -0.05) is 23.8 Å². The van der Waals surface area contributed by atoms with Crippen LogP contribution in [0.25, 0.3) is 0 Å². The maximum atomic E-state index is 12.3. The Morgan fingerprint density at radius 1 is 1.00 bits per heavy atom. The minimum Gasteiger partial charge on any atom is -0.349 e. The van der Waals surface area contributed by atoms with E-state index in [1.807, 2.05) is 45.9 Å². The molecule has 1 heterocycles. The molecule has 5 nitrogen and oxygen atoms in total. The second-order valence-electron chi connectivity index (χ2n) is 5.81. The third-order valence-electron chi connectivity index (χ3n) is 3.26. The first-order valence-corrected chi connectivity index (χ1v) is 7.53. The summed E-state index contributed by atoms with van der Waals surface area (Å²) < 4.78 is 0. The number of hydrogen-bond acceptors (Lipinski definition) is 3. The predicted molar refractivity (Wildman–Crippen MR) is 90.7 cm³/mol. The number of anilines is 1. The quantitative estimate of drug-likeness (QED) is 0.911. The van der Waals surface area contributed by atoms with Gasteiger partial charge in [-0.05, 0) is 51.5 Å². The monoisotopic (exact) mass is 311 g/mol. The molecule has 23 heavy (non-hydrogen) atoms. The van der Waals surface area contributed by atoms with E-state index in [1.54, 1.807) is 18.2 Å². The lowest BCUT2D eigenvalue weighted by Gasteiger charge is -2.10. The van der Waals surface area contributed by atoms with E-state index in [9.17, 15) is 9.59 Å². The van der Waals surface area contributed by atoms with Gasteiger partial charge in [0.25, 0.3) is 11.8 Å². The van der Waals surface area contributed by atoms with Crippen LogP contribution < -0.4 is 10.6 Å². The third kappa shape index (κ3) is 4.39. The van der Waals surface area contributed by atoms with Crippen LogP contribution in [0.5, 0.6) is 0 Å². The van der Waals surface area contributed by atoms with Crippen LogP contribution in [0.4, 0.5) is 5.69 Å². The highest BCUT2D eigenvalue weighted by molar-refractivity contribution is 6.04. The largest absolute Gasteiger partial charge is 0.349 e. The number of amides is 2. The van der Waals surface area contributed by atoms with E-state index < -0.39 is 0 Å². The lowest BCUT2D eigenvalue weighted by Crippen LogP contribution is -2.31. The number of nitrogens with zero attached hydrogens (tertiary/aromatic N) is 1. The Kier molecular flexibility index (Phi) is 5.11. The maximum Gasteiger partial charge on any atom is 0.274 e. The van der Waals surface area contributed by atoms with Crippen molar-refractivity contribution in [1.29, 1.82) is 0 Å². The van der Waals surface area contributed by atoms with E-state index in [2.05, 4.69) is 15.6 Å². The molecule has 0 atom stereocenters. The molecule has 0 fully saturated rings. The second kappa shape index (κ2) is 7.05. The number of carbonyl (C=O) groups is 2. The van der Waals surface area contributed by atoms with Gasteiger partial charge in [-0.15, -0.1) is 0 Å².